The number of para-hydroxylation sites is 1. The molecular weight excluding hydrogens is 266 g/mol. The minimum absolute atomic E-state index is 0.0223. The van der Waals surface area contributed by atoms with Crippen molar-refractivity contribution >= 4 is 22.9 Å². The van der Waals surface area contributed by atoms with E-state index in [4.69, 9.17) is 15.3 Å². The minimum Gasteiger partial charge on any atom is -0.465 e. The molecule has 0 atom stereocenters. The number of benzene rings is 1. The quantitative estimate of drug-likeness (QED) is 0.636. The molecule has 0 saturated carbocycles. The molecule has 0 aliphatic carbocycles. The van der Waals surface area contributed by atoms with Gasteiger partial charge in [-0.15, -0.1) is 0 Å². The van der Waals surface area contributed by atoms with Crippen LogP contribution in [0.2, 0.25) is 0 Å². The number of esters is 1. The normalized spacial score (nSPS) is 9.67. The highest BCUT2D eigenvalue weighted by Crippen LogP contribution is 2.23. The van der Waals surface area contributed by atoms with Gasteiger partial charge in [-0.3, -0.25) is 4.79 Å². The van der Waals surface area contributed by atoms with Crippen molar-refractivity contribution in [3.8, 4) is 12.1 Å². The number of carbonyl (C=O) groups is 1. The molecule has 0 bridgehead atoms. The summed E-state index contributed by atoms with van der Waals surface area (Å²) in [6, 6.07) is 11.2. The predicted molar refractivity (Wildman–Crippen MR) is 77.8 cm³/mol. The van der Waals surface area contributed by atoms with E-state index in [9.17, 15) is 4.79 Å². The average Bonchev–Trinajstić information content (AvgIpc) is 2.83. The van der Waals surface area contributed by atoms with Gasteiger partial charge in [-0.05, 0) is 19.1 Å². The fraction of sp³-hybridized carbons (Fsp3) is 0.188. The third-order valence-electron chi connectivity index (χ3n) is 2.96. The van der Waals surface area contributed by atoms with E-state index in [1.54, 1.807) is 17.7 Å². The van der Waals surface area contributed by atoms with Crippen LogP contribution in [0.3, 0.4) is 0 Å². The molecule has 0 unspecified atom stereocenters. The first-order chi connectivity index (χ1) is 10.2. The summed E-state index contributed by atoms with van der Waals surface area (Å²) < 4.78 is 6.70. The van der Waals surface area contributed by atoms with E-state index in [-0.39, 0.29) is 18.1 Å². The zero-order valence-electron chi connectivity index (χ0n) is 11.5. The lowest BCUT2D eigenvalue weighted by atomic mass is 10.1. The first kappa shape index (κ1) is 14.4. The maximum atomic E-state index is 11.6. The smallest absolute Gasteiger partial charge is 0.325 e. The molecule has 1 aromatic heterocycles. The number of allylic oxidation sites excluding steroid dienone is 1. The molecule has 2 rings (SSSR count). The molecule has 0 aliphatic rings. The summed E-state index contributed by atoms with van der Waals surface area (Å²) >= 11 is 0. The average molecular weight is 279 g/mol. The van der Waals surface area contributed by atoms with Crippen LogP contribution in [0.1, 0.15) is 12.5 Å². The number of rotatable bonds is 4. The molecular formula is C16H13N3O2. The first-order valence-electron chi connectivity index (χ1n) is 6.45. The van der Waals surface area contributed by atoms with Gasteiger partial charge < -0.3 is 9.30 Å². The van der Waals surface area contributed by atoms with Gasteiger partial charge in [0.25, 0.3) is 0 Å². The monoisotopic (exact) mass is 279 g/mol. The Balaban J connectivity index is 2.50. The zero-order valence-corrected chi connectivity index (χ0v) is 11.5. The third kappa shape index (κ3) is 3.10. The molecule has 0 fully saturated rings. The summed E-state index contributed by atoms with van der Waals surface area (Å²) in [5.41, 5.74) is 1.61. The number of nitriles is 2. The number of carbonyl (C=O) groups excluding carboxylic acids is 1. The van der Waals surface area contributed by atoms with Crippen molar-refractivity contribution in [3.05, 3.63) is 41.6 Å². The minimum atomic E-state index is -0.324. The van der Waals surface area contributed by atoms with Crippen LogP contribution in [-0.2, 0) is 16.1 Å². The number of nitrogens with zero attached hydrogens (tertiary/aromatic N) is 3. The number of aromatic nitrogens is 1. The Morgan fingerprint density at radius 3 is 2.71 bits per heavy atom. The lowest BCUT2D eigenvalue weighted by molar-refractivity contribution is -0.143. The van der Waals surface area contributed by atoms with Crippen molar-refractivity contribution < 1.29 is 9.53 Å². The molecule has 0 spiro atoms. The van der Waals surface area contributed by atoms with E-state index in [2.05, 4.69) is 0 Å². The molecule has 0 radical (unpaired) electrons. The Morgan fingerprint density at radius 1 is 1.33 bits per heavy atom. The maximum Gasteiger partial charge on any atom is 0.325 e. The second kappa shape index (κ2) is 6.40. The van der Waals surface area contributed by atoms with Crippen molar-refractivity contribution in [1.29, 1.82) is 10.5 Å². The van der Waals surface area contributed by atoms with Crippen molar-refractivity contribution in [3.63, 3.8) is 0 Å². The SMILES string of the molecule is CCOC(=O)Cn1cc(C=C(C#N)C#N)c2ccccc21. The Labute approximate surface area is 122 Å². The van der Waals surface area contributed by atoms with Gasteiger partial charge in [0.15, 0.2) is 0 Å². The molecule has 0 amide bonds. The van der Waals surface area contributed by atoms with Gasteiger partial charge in [0, 0.05) is 22.7 Å². The highest BCUT2D eigenvalue weighted by Gasteiger charge is 2.10. The van der Waals surface area contributed by atoms with Gasteiger partial charge in [0.05, 0.1) is 6.61 Å². The lowest BCUT2D eigenvalue weighted by Gasteiger charge is -2.04. The van der Waals surface area contributed by atoms with E-state index >= 15 is 0 Å². The fourth-order valence-corrected chi connectivity index (χ4v) is 2.11. The molecule has 5 heteroatoms. The zero-order chi connectivity index (χ0) is 15.2. The highest BCUT2D eigenvalue weighted by molar-refractivity contribution is 5.91. The van der Waals surface area contributed by atoms with Crippen LogP contribution in [-0.4, -0.2) is 17.1 Å². The van der Waals surface area contributed by atoms with Crippen LogP contribution < -0.4 is 0 Å². The van der Waals surface area contributed by atoms with Gasteiger partial charge in [-0.25, -0.2) is 0 Å². The van der Waals surface area contributed by atoms with Crippen LogP contribution in [0.15, 0.2) is 36.0 Å². The second-order valence-corrected chi connectivity index (χ2v) is 4.32. The fourth-order valence-electron chi connectivity index (χ4n) is 2.11. The van der Waals surface area contributed by atoms with E-state index in [0.717, 1.165) is 16.5 Å². The van der Waals surface area contributed by atoms with Gasteiger partial charge in [0.1, 0.15) is 24.3 Å². The molecule has 0 saturated heterocycles. The number of hydrogen-bond donors (Lipinski definition) is 0. The number of fused-ring (bicyclic) bond motifs is 1. The topological polar surface area (TPSA) is 78.8 Å². The molecule has 1 heterocycles. The van der Waals surface area contributed by atoms with Crippen LogP contribution >= 0.6 is 0 Å². The lowest BCUT2D eigenvalue weighted by Crippen LogP contribution is -2.12. The van der Waals surface area contributed by atoms with Crippen molar-refractivity contribution in [2.75, 3.05) is 6.61 Å². The molecule has 21 heavy (non-hydrogen) atoms. The second-order valence-electron chi connectivity index (χ2n) is 4.32. The number of hydrogen-bond acceptors (Lipinski definition) is 4. The largest absolute Gasteiger partial charge is 0.465 e. The summed E-state index contributed by atoms with van der Waals surface area (Å²) in [4.78, 5) is 11.6. The van der Waals surface area contributed by atoms with Crippen LogP contribution in [0.5, 0.6) is 0 Å². The summed E-state index contributed by atoms with van der Waals surface area (Å²) in [6.45, 7) is 2.18. The van der Waals surface area contributed by atoms with Gasteiger partial charge in [0.2, 0.25) is 0 Å². The van der Waals surface area contributed by atoms with Crippen molar-refractivity contribution in [2.45, 2.75) is 13.5 Å². The Hall–Kier alpha value is -3.05. The first-order valence-corrected chi connectivity index (χ1v) is 6.45. The van der Waals surface area contributed by atoms with Gasteiger partial charge >= 0.3 is 5.97 Å². The van der Waals surface area contributed by atoms with Crippen LogP contribution in [0.4, 0.5) is 0 Å². The maximum absolute atomic E-state index is 11.6. The van der Waals surface area contributed by atoms with Crippen molar-refractivity contribution in [1.82, 2.24) is 4.57 Å². The Bertz CT molecular complexity index is 772. The molecule has 104 valence electrons. The third-order valence-corrected chi connectivity index (χ3v) is 2.96. The number of ether oxygens (including phenoxy) is 1. The molecule has 0 N–H and O–H groups in total. The summed E-state index contributed by atoms with van der Waals surface area (Å²) in [5, 5.41) is 18.6. The predicted octanol–water partition coefficient (Wildman–Crippen LogP) is 2.63. The van der Waals surface area contributed by atoms with Gasteiger partial charge in [-0.1, -0.05) is 18.2 Å². The molecule has 1 aromatic carbocycles. The summed E-state index contributed by atoms with van der Waals surface area (Å²) in [6.07, 6.45) is 3.26. The molecule has 2 aromatic rings. The highest BCUT2D eigenvalue weighted by atomic mass is 16.5. The van der Waals surface area contributed by atoms with E-state index in [1.165, 1.54) is 6.08 Å². The Morgan fingerprint density at radius 2 is 2.05 bits per heavy atom. The van der Waals surface area contributed by atoms with Crippen molar-refractivity contribution in [2.24, 2.45) is 0 Å². The standard InChI is InChI=1S/C16H13N3O2/c1-2-21-16(20)11-19-10-13(7-12(8-17)9-18)14-5-3-4-6-15(14)19/h3-7,10H,2,11H2,1H3. The van der Waals surface area contributed by atoms with E-state index < -0.39 is 0 Å². The summed E-state index contributed by atoms with van der Waals surface area (Å²) in [5.74, 6) is -0.324. The van der Waals surface area contributed by atoms with Gasteiger partial charge in [-0.2, -0.15) is 10.5 Å². The van der Waals surface area contributed by atoms with Crippen LogP contribution in [0, 0.1) is 22.7 Å². The van der Waals surface area contributed by atoms with Crippen LogP contribution in [0.25, 0.3) is 17.0 Å². The molecule has 5 nitrogen and oxygen atoms in total. The van der Waals surface area contributed by atoms with E-state index in [0.29, 0.717) is 6.61 Å². The Kier molecular flexibility index (Phi) is 4.38. The van der Waals surface area contributed by atoms with E-state index in [1.807, 2.05) is 36.4 Å². The molecule has 0 aliphatic heterocycles. The summed E-state index contributed by atoms with van der Waals surface area (Å²) in [7, 11) is 0.